The maximum atomic E-state index is 12.5. The molecule has 32 heavy (non-hydrogen) atoms. The molecule has 2 aromatic carbocycles. The standard InChI is InChI=1S/C25H26N2O5/c1-15(24(29)30)27(2)23(28)16-11-12-17(13-16)26-25(31)32-14-22-20-9-5-3-7-18(20)19-8-4-6-10-21(19)22/h3-12,15-17,22H,13-14H2,1-2H3,(H,26,31)(H,29,30). The summed E-state index contributed by atoms with van der Waals surface area (Å²) in [6, 6.07) is 15.0. The predicted octanol–water partition coefficient (Wildman–Crippen LogP) is 3.40. The molecular formula is C25H26N2O5. The fraction of sp³-hybridized carbons (Fsp3) is 0.320. The number of amides is 2. The molecule has 0 spiro atoms. The molecule has 7 heteroatoms. The Morgan fingerprint density at radius 1 is 1.06 bits per heavy atom. The summed E-state index contributed by atoms with van der Waals surface area (Å²) >= 11 is 0. The number of aliphatic carboxylic acids is 1. The molecule has 3 unspecified atom stereocenters. The molecule has 0 bridgehead atoms. The monoisotopic (exact) mass is 434 g/mol. The van der Waals surface area contributed by atoms with E-state index < -0.39 is 24.0 Å². The molecule has 0 heterocycles. The molecule has 3 atom stereocenters. The van der Waals surface area contributed by atoms with Crippen molar-refractivity contribution in [3.05, 3.63) is 71.8 Å². The normalized spacial score (nSPS) is 19.7. The first kappa shape index (κ1) is 21.6. The number of hydrogen-bond donors (Lipinski definition) is 2. The van der Waals surface area contributed by atoms with Crippen LogP contribution < -0.4 is 5.32 Å². The van der Waals surface area contributed by atoms with Crippen LogP contribution in [0.2, 0.25) is 0 Å². The largest absolute Gasteiger partial charge is 0.480 e. The summed E-state index contributed by atoms with van der Waals surface area (Å²) in [7, 11) is 1.47. The number of benzene rings is 2. The van der Waals surface area contributed by atoms with Crippen molar-refractivity contribution >= 4 is 18.0 Å². The molecule has 0 aliphatic heterocycles. The van der Waals surface area contributed by atoms with Gasteiger partial charge >= 0.3 is 12.1 Å². The second-order valence-corrected chi connectivity index (χ2v) is 8.27. The van der Waals surface area contributed by atoms with Crippen LogP contribution in [0.25, 0.3) is 11.1 Å². The highest BCUT2D eigenvalue weighted by Crippen LogP contribution is 2.44. The van der Waals surface area contributed by atoms with E-state index in [0.717, 1.165) is 22.3 Å². The Hall–Kier alpha value is -3.61. The molecule has 0 saturated heterocycles. The van der Waals surface area contributed by atoms with Gasteiger partial charge in [-0.1, -0.05) is 60.7 Å². The lowest BCUT2D eigenvalue weighted by Gasteiger charge is -2.24. The quantitative estimate of drug-likeness (QED) is 0.680. The van der Waals surface area contributed by atoms with Gasteiger partial charge in [0.05, 0.1) is 12.0 Å². The van der Waals surface area contributed by atoms with Crippen LogP contribution >= 0.6 is 0 Å². The van der Waals surface area contributed by atoms with Crippen LogP contribution in [0.1, 0.15) is 30.4 Å². The average molecular weight is 434 g/mol. The Kier molecular flexibility index (Phi) is 5.99. The van der Waals surface area contributed by atoms with E-state index in [1.165, 1.54) is 18.9 Å². The van der Waals surface area contributed by atoms with Crippen LogP contribution in [0.4, 0.5) is 4.79 Å². The SMILES string of the molecule is CC(C(=O)O)N(C)C(=O)C1C=CC(NC(=O)OCC2c3ccccc3-c3ccccc32)C1. The molecule has 7 nitrogen and oxygen atoms in total. The third kappa shape index (κ3) is 4.10. The van der Waals surface area contributed by atoms with Crippen LogP contribution in [0.15, 0.2) is 60.7 Å². The fourth-order valence-electron chi connectivity index (χ4n) is 4.40. The molecular weight excluding hydrogens is 408 g/mol. The van der Waals surface area contributed by atoms with Gasteiger partial charge in [-0.15, -0.1) is 0 Å². The molecule has 0 aromatic heterocycles. The van der Waals surface area contributed by atoms with E-state index in [9.17, 15) is 14.4 Å². The summed E-state index contributed by atoms with van der Waals surface area (Å²) in [5, 5.41) is 11.9. The molecule has 0 radical (unpaired) electrons. The lowest BCUT2D eigenvalue weighted by atomic mass is 9.98. The highest BCUT2D eigenvalue weighted by atomic mass is 16.5. The number of alkyl carbamates (subject to hydrolysis) is 1. The van der Waals surface area contributed by atoms with E-state index in [0.29, 0.717) is 6.42 Å². The summed E-state index contributed by atoms with van der Waals surface area (Å²) in [4.78, 5) is 37.3. The highest BCUT2D eigenvalue weighted by Gasteiger charge is 2.32. The number of nitrogens with one attached hydrogen (secondary N) is 1. The summed E-state index contributed by atoms with van der Waals surface area (Å²) in [5.41, 5.74) is 4.61. The number of likely N-dealkylation sites (N-methyl/N-ethyl adjacent to an activating group) is 1. The third-order valence-electron chi connectivity index (χ3n) is 6.33. The lowest BCUT2D eigenvalue weighted by Crippen LogP contribution is -2.43. The lowest BCUT2D eigenvalue weighted by molar-refractivity contribution is -0.149. The fourth-order valence-corrected chi connectivity index (χ4v) is 4.40. The van der Waals surface area contributed by atoms with Gasteiger partial charge in [-0.2, -0.15) is 0 Å². The molecule has 2 aliphatic rings. The minimum Gasteiger partial charge on any atom is -0.480 e. The Bertz CT molecular complexity index is 1030. The second kappa shape index (κ2) is 8.86. The average Bonchev–Trinajstić information content (AvgIpc) is 3.38. The number of ether oxygens (including phenoxy) is 1. The van der Waals surface area contributed by atoms with Gasteiger partial charge in [-0.3, -0.25) is 4.79 Å². The summed E-state index contributed by atoms with van der Waals surface area (Å²) in [5.74, 6) is -1.84. The first-order chi connectivity index (χ1) is 15.4. The molecule has 0 fully saturated rings. The van der Waals surface area contributed by atoms with Crippen molar-refractivity contribution in [2.75, 3.05) is 13.7 Å². The van der Waals surface area contributed by atoms with E-state index in [2.05, 4.69) is 29.6 Å². The Balaban J connectivity index is 1.33. The van der Waals surface area contributed by atoms with Crippen LogP contribution in [-0.2, 0) is 14.3 Å². The van der Waals surface area contributed by atoms with E-state index in [1.807, 2.05) is 24.3 Å². The molecule has 4 rings (SSSR count). The number of carboxylic acid groups (broad SMARTS) is 1. The Labute approximate surface area is 186 Å². The number of carbonyl (C=O) groups is 3. The van der Waals surface area contributed by atoms with Crippen molar-refractivity contribution in [3.8, 4) is 11.1 Å². The van der Waals surface area contributed by atoms with Gasteiger partial charge in [-0.05, 0) is 35.6 Å². The molecule has 2 aliphatic carbocycles. The van der Waals surface area contributed by atoms with Crippen LogP contribution in [0, 0.1) is 5.92 Å². The van der Waals surface area contributed by atoms with Crippen LogP contribution in [0.3, 0.4) is 0 Å². The van der Waals surface area contributed by atoms with Crippen molar-refractivity contribution in [1.29, 1.82) is 0 Å². The summed E-state index contributed by atoms with van der Waals surface area (Å²) < 4.78 is 5.56. The number of carboxylic acids is 1. The van der Waals surface area contributed by atoms with Crippen molar-refractivity contribution < 1.29 is 24.2 Å². The Morgan fingerprint density at radius 3 is 2.25 bits per heavy atom. The maximum Gasteiger partial charge on any atom is 0.407 e. The topological polar surface area (TPSA) is 95.9 Å². The van der Waals surface area contributed by atoms with Gasteiger partial charge in [0.1, 0.15) is 12.6 Å². The zero-order valence-electron chi connectivity index (χ0n) is 18.0. The molecule has 2 N–H and O–H groups in total. The van der Waals surface area contributed by atoms with Crippen molar-refractivity contribution in [2.24, 2.45) is 5.92 Å². The van der Waals surface area contributed by atoms with Crippen LogP contribution in [-0.4, -0.2) is 53.7 Å². The predicted molar refractivity (Wildman–Crippen MR) is 119 cm³/mol. The minimum atomic E-state index is -1.06. The van der Waals surface area contributed by atoms with Gasteiger partial charge in [0.2, 0.25) is 5.91 Å². The van der Waals surface area contributed by atoms with E-state index in [4.69, 9.17) is 9.84 Å². The number of rotatable bonds is 6. The molecule has 0 saturated carbocycles. The zero-order chi connectivity index (χ0) is 22.8. The van der Waals surface area contributed by atoms with Crippen molar-refractivity contribution in [3.63, 3.8) is 0 Å². The highest BCUT2D eigenvalue weighted by molar-refractivity contribution is 5.86. The number of nitrogens with zero attached hydrogens (tertiary/aromatic N) is 1. The smallest absolute Gasteiger partial charge is 0.407 e. The number of hydrogen-bond acceptors (Lipinski definition) is 4. The van der Waals surface area contributed by atoms with Gasteiger partial charge < -0.3 is 20.1 Å². The maximum absolute atomic E-state index is 12.5. The van der Waals surface area contributed by atoms with Gasteiger partial charge in [-0.25, -0.2) is 9.59 Å². The van der Waals surface area contributed by atoms with E-state index in [-0.39, 0.29) is 24.5 Å². The second-order valence-electron chi connectivity index (χ2n) is 8.27. The zero-order valence-corrected chi connectivity index (χ0v) is 18.0. The van der Waals surface area contributed by atoms with Gasteiger partial charge in [0, 0.05) is 13.0 Å². The Morgan fingerprint density at radius 2 is 1.66 bits per heavy atom. The van der Waals surface area contributed by atoms with Crippen LogP contribution in [0.5, 0.6) is 0 Å². The molecule has 166 valence electrons. The summed E-state index contributed by atoms with van der Waals surface area (Å²) in [6.45, 7) is 1.68. The van der Waals surface area contributed by atoms with Gasteiger partial charge in [0.25, 0.3) is 0 Å². The number of fused-ring (bicyclic) bond motifs is 3. The third-order valence-corrected chi connectivity index (χ3v) is 6.33. The first-order valence-corrected chi connectivity index (χ1v) is 10.7. The van der Waals surface area contributed by atoms with Gasteiger partial charge in [0.15, 0.2) is 0 Å². The summed E-state index contributed by atoms with van der Waals surface area (Å²) in [6.07, 6.45) is 3.30. The van der Waals surface area contributed by atoms with Crippen molar-refractivity contribution in [2.45, 2.75) is 31.3 Å². The first-order valence-electron chi connectivity index (χ1n) is 10.7. The molecule has 2 aromatic rings. The van der Waals surface area contributed by atoms with E-state index >= 15 is 0 Å². The van der Waals surface area contributed by atoms with Crippen molar-refractivity contribution in [1.82, 2.24) is 10.2 Å². The molecule has 2 amide bonds. The number of carbonyl (C=O) groups excluding carboxylic acids is 2. The minimum absolute atomic E-state index is 0.0206. The van der Waals surface area contributed by atoms with E-state index in [1.54, 1.807) is 12.2 Å².